The summed E-state index contributed by atoms with van der Waals surface area (Å²) in [4.78, 5) is 0. The smallest absolute Gasteiger partial charge is 0.388 e. The largest absolute Gasteiger partial charge is 0.413 e. The highest BCUT2D eigenvalue weighted by Crippen LogP contribution is 2.23. The van der Waals surface area contributed by atoms with Crippen molar-refractivity contribution >= 4 is 5.69 Å². The molecular weight excluding hydrogens is 246 g/mol. The van der Waals surface area contributed by atoms with E-state index in [1.165, 1.54) is 6.07 Å². The summed E-state index contributed by atoms with van der Waals surface area (Å²) in [7, 11) is 0. The quantitative estimate of drug-likeness (QED) is 0.807. The Labute approximate surface area is 102 Å². The second-order valence-corrected chi connectivity index (χ2v) is 4.07. The maximum absolute atomic E-state index is 12.0. The predicted octanol–water partition coefficient (Wildman–Crippen LogP) is 0.666. The van der Waals surface area contributed by atoms with E-state index in [2.05, 4.69) is 14.9 Å². The van der Waals surface area contributed by atoms with E-state index in [1.54, 1.807) is 0 Å². The summed E-state index contributed by atoms with van der Waals surface area (Å²) in [5.41, 5.74) is 11.7. The van der Waals surface area contributed by atoms with Gasteiger partial charge in [0.25, 0.3) is 5.88 Å². The number of alkyl halides is 2. The molecule has 1 unspecified atom stereocenters. The molecule has 0 bridgehead atoms. The Hall–Kier alpha value is -1.54. The lowest BCUT2D eigenvalue weighted by Gasteiger charge is -2.33. The Morgan fingerprint density at radius 1 is 1.39 bits per heavy atom. The zero-order chi connectivity index (χ0) is 13.1. The second kappa shape index (κ2) is 5.40. The van der Waals surface area contributed by atoms with Crippen molar-refractivity contribution in [2.24, 2.45) is 5.73 Å². The van der Waals surface area contributed by atoms with Crippen LogP contribution >= 0.6 is 0 Å². The second-order valence-electron chi connectivity index (χ2n) is 4.07. The lowest BCUT2D eigenvalue weighted by atomic mass is 9.90. The number of nitrogens with two attached hydrogens (primary N) is 2. The summed E-state index contributed by atoms with van der Waals surface area (Å²) in [6.45, 7) is -2.78. The van der Waals surface area contributed by atoms with E-state index < -0.39 is 6.61 Å². The number of anilines is 1. The minimum Gasteiger partial charge on any atom is -0.413 e. The first kappa shape index (κ1) is 12.9. The van der Waals surface area contributed by atoms with E-state index in [4.69, 9.17) is 16.2 Å². The SMILES string of the molecule is Nc1cc(COC2CC[C@H]2N)nnc1OC(F)F. The van der Waals surface area contributed by atoms with Gasteiger partial charge in [0.05, 0.1) is 24.1 Å². The molecule has 2 rings (SSSR count). The van der Waals surface area contributed by atoms with Crippen LogP contribution < -0.4 is 16.2 Å². The van der Waals surface area contributed by atoms with E-state index in [-0.39, 0.29) is 30.3 Å². The summed E-state index contributed by atoms with van der Waals surface area (Å²) >= 11 is 0. The summed E-state index contributed by atoms with van der Waals surface area (Å²) < 4.78 is 33.5. The summed E-state index contributed by atoms with van der Waals surface area (Å²) in [6, 6.07) is 1.45. The Bertz CT molecular complexity index is 419. The van der Waals surface area contributed by atoms with E-state index >= 15 is 0 Å². The van der Waals surface area contributed by atoms with Crippen molar-refractivity contribution in [3.8, 4) is 5.88 Å². The predicted molar refractivity (Wildman–Crippen MR) is 58.9 cm³/mol. The minimum atomic E-state index is -2.98. The number of hydrogen-bond donors (Lipinski definition) is 2. The molecule has 1 heterocycles. The molecule has 0 aliphatic heterocycles. The summed E-state index contributed by atoms with van der Waals surface area (Å²) in [6.07, 6.45) is 1.88. The fourth-order valence-electron chi connectivity index (χ4n) is 1.58. The van der Waals surface area contributed by atoms with Crippen LogP contribution in [0.25, 0.3) is 0 Å². The molecule has 0 saturated heterocycles. The molecule has 1 fully saturated rings. The first-order valence-electron chi connectivity index (χ1n) is 5.50. The Balaban J connectivity index is 1.91. The molecule has 2 atom stereocenters. The highest BCUT2D eigenvalue weighted by Gasteiger charge is 2.28. The van der Waals surface area contributed by atoms with Gasteiger partial charge in [-0.2, -0.15) is 8.78 Å². The Morgan fingerprint density at radius 3 is 2.67 bits per heavy atom. The fourth-order valence-corrected chi connectivity index (χ4v) is 1.58. The number of nitrogen functional groups attached to an aromatic ring is 1. The average molecular weight is 260 g/mol. The highest BCUT2D eigenvalue weighted by molar-refractivity contribution is 5.47. The number of ether oxygens (including phenoxy) is 2. The average Bonchev–Trinajstić information content (AvgIpc) is 2.30. The van der Waals surface area contributed by atoms with Gasteiger partial charge < -0.3 is 20.9 Å². The van der Waals surface area contributed by atoms with Crippen molar-refractivity contribution in [1.82, 2.24) is 10.2 Å². The molecule has 100 valence electrons. The van der Waals surface area contributed by atoms with Crippen LogP contribution in [0.3, 0.4) is 0 Å². The van der Waals surface area contributed by atoms with Crippen LogP contribution in [0.15, 0.2) is 6.07 Å². The number of nitrogens with zero attached hydrogens (tertiary/aromatic N) is 2. The molecule has 1 saturated carbocycles. The minimum absolute atomic E-state index is 0.00167. The van der Waals surface area contributed by atoms with E-state index in [9.17, 15) is 8.78 Å². The van der Waals surface area contributed by atoms with Crippen LogP contribution in [0.1, 0.15) is 18.5 Å². The van der Waals surface area contributed by atoms with E-state index in [1.807, 2.05) is 0 Å². The van der Waals surface area contributed by atoms with Crippen LogP contribution in [0, 0.1) is 0 Å². The molecule has 0 radical (unpaired) electrons. The molecule has 4 N–H and O–H groups in total. The fraction of sp³-hybridized carbons (Fsp3) is 0.600. The van der Waals surface area contributed by atoms with Gasteiger partial charge in [0, 0.05) is 6.04 Å². The van der Waals surface area contributed by atoms with E-state index in [0.717, 1.165) is 12.8 Å². The summed E-state index contributed by atoms with van der Waals surface area (Å²) in [5.74, 6) is -0.380. The standard InChI is InChI=1S/C10H14F2N4O2/c11-10(12)18-9-7(14)3-5(15-16-9)4-17-8-2-1-6(8)13/h3,6,8,10H,1-2,4,13H2,(H2,14,15)/t6-,8?/m1/s1. The molecular formula is C10H14F2N4O2. The number of aromatic nitrogens is 2. The first-order chi connectivity index (χ1) is 8.56. The molecule has 1 aromatic rings. The van der Waals surface area contributed by atoms with Gasteiger partial charge in [-0.05, 0) is 18.9 Å². The third-order valence-electron chi connectivity index (χ3n) is 2.75. The van der Waals surface area contributed by atoms with Crippen LogP contribution in [-0.4, -0.2) is 29.0 Å². The topological polar surface area (TPSA) is 96.3 Å². The number of rotatable bonds is 5. The van der Waals surface area contributed by atoms with Crippen molar-refractivity contribution in [3.05, 3.63) is 11.8 Å². The van der Waals surface area contributed by atoms with Gasteiger partial charge in [-0.25, -0.2) is 0 Å². The molecule has 1 aromatic heterocycles. The van der Waals surface area contributed by atoms with Gasteiger partial charge in [-0.3, -0.25) is 0 Å². The first-order valence-corrected chi connectivity index (χ1v) is 5.50. The summed E-state index contributed by atoms with van der Waals surface area (Å²) in [5, 5.41) is 7.16. The molecule has 6 nitrogen and oxygen atoms in total. The van der Waals surface area contributed by atoms with Crippen LogP contribution in [0.4, 0.5) is 14.5 Å². The van der Waals surface area contributed by atoms with Crippen LogP contribution in [-0.2, 0) is 11.3 Å². The van der Waals surface area contributed by atoms with Crippen molar-refractivity contribution in [2.75, 3.05) is 5.73 Å². The van der Waals surface area contributed by atoms with Crippen molar-refractivity contribution in [3.63, 3.8) is 0 Å². The lowest BCUT2D eigenvalue weighted by Crippen LogP contribution is -2.45. The molecule has 1 aliphatic carbocycles. The Kier molecular flexibility index (Phi) is 3.87. The molecule has 0 amide bonds. The third kappa shape index (κ3) is 3.02. The number of halogens is 2. The van der Waals surface area contributed by atoms with E-state index in [0.29, 0.717) is 5.69 Å². The zero-order valence-corrected chi connectivity index (χ0v) is 9.55. The van der Waals surface area contributed by atoms with Gasteiger partial charge in [0.2, 0.25) is 0 Å². The van der Waals surface area contributed by atoms with Gasteiger partial charge >= 0.3 is 6.61 Å². The van der Waals surface area contributed by atoms with Crippen molar-refractivity contribution < 1.29 is 18.3 Å². The maximum atomic E-state index is 12.0. The Morgan fingerprint density at radius 2 is 2.17 bits per heavy atom. The monoisotopic (exact) mass is 260 g/mol. The highest BCUT2D eigenvalue weighted by atomic mass is 19.3. The van der Waals surface area contributed by atoms with Crippen LogP contribution in [0.2, 0.25) is 0 Å². The zero-order valence-electron chi connectivity index (χ0n) is 9.55. The van der Waals surface area contributed by atoms with Gasteiger partial charge in [-0.1, -0.05) is 0 Å². The lowest BCUT2D eigenvalue weighted by molar-refractivity contribution is -0.0531. The normalized spacial score (nSPS) is 22.9. The van der Waals surface area contributed by atoms with Gasteiger partial charge in [0.15, 0.2) is 0 Å². The van der Waals surface area contributed by atoms with Crippen molar-refractivity contribution in [1.29, 1.82) is 0 Å². The van der Waals surface area contributed by atoms with Gasteiger partial charge in [0.1, 0.15) is 0 Å². The molecule has 8 heteroatoms. The van der Waals surface area contributed by atoms with Crippen molar-refractivity contribution in [2.45, 2.75) is 38.2 Å². The van der Waals surface area contributed by atoms with Crippen LogP contribution in [0.5, 0.6) is 5.88 Å². The maximum Gasteiger partial charge on any atom is 0.388 e. The molecule has 0 aromatic carbocycles. The molecule has 18 heavy (non-hydrogen) atoms. The molecule has 0 spiro atoms. The number of hydrogen-bond acceptors (Lipinski definition) is 6. The molecule has 1 aliphatic rings. The van der Waals surface area contributed by atoms with Gasteiger partial charge in [-0.15, -0.1) is 10.2 Å². The third-order valence-corrected chi connectivity index (χ3v) is 2.75.